The molecule has 0 spiro atoms. The van der Waals surface area contributed by atoms with Crippen LogP contribution in [0.4, 0.5) is 5.69 Å². The maximum atomic E-state index is 5.78. The van der Waals surface area contributed by atoms with E-state index in [-0.39, 0.29) is 0 Å². The van der Waals surface area contributed by atoms with Gasteiger partial charge in [-0.2, -0.15) is 0 Å². The van der Waals surface area contributed by atoms with Crippen LogP contribution < -0.4 is 5.73 Å². The molecule has 0 aliphatic rings. The molecule has 3 rings (SSSR count). The zero-order valence-electron chi connectivity index (χ0n) is 10.5. The van der Waals surface area contributed by atoms with Gasteiger partial charge in [0.25, 0.3) is 0 Å². The number of nitrogens with two attached hydrogens (primary N) is 1. The van der Waals surface area contributed by atoms with E-state index in [0.29, 0.717) is 0 Å². The minimum atomic E-state index is 0.720. The molecule has 0 atom stereocenters. The maximum absolute atomic E-state index is 5.78. The summed E-state index contributed by atoms with van der Waals surface area (Å²) in [6, 6.07) is 14.0. The third-order valence-electron chi connectivity index (χ3n) is 2.92. The fourth-order valence-corrected chi connectivity index (χ4v) is 2.87. The molecule has 0 aliphatic heterocycles. The molecule has 19 heavy (non-hydrogen) atoms. The molecule has 1 aromatic heterocycles. The zero-order valence-corrected chi connectivity index (χ0v) is 11.3. The van der Waals surface area contributed by atoms with Gasteiger partial charge in [-0.05, 0) is 36.8 Å². The number of anilines is 1. The standard InChI is InChI=1S/C15H13N3S/c1-10-4-2-3-5-14(10)19-15-12-7-6-11(16)8-13(12)17-9-18-15/h2-9H,16H2,1H3. The lowest BCUT2D eigenvalue weighted by Gasteiger charge is -2.07. The Morgan fingerprint density at radius 1 is 1.05 bits per heavy atom. The monoisotopic (exact) mass is 267 g/mol. The van der Waals surface area contributed by atoms with E-state index in [2.05, 4.69) is 29.0 Å². The minimum absolute atomic E-state index is 0.720. The third kappa shape index (κ3) is 2.39. The largest absolute Gasteiger partial charge is 0.399 e. The summed E-state index contributed by atoms with van der Waals surface area (Å²) in [6.07, 6.45) is 1.59. The van der Waals surface area contributed by atoms with Crippen LogP contribution in [0.1, 0.15) is 5.56 Å². The summed E-state index contributed by atoms with van der Waals surface area (Å²) in [5.41, 5.74) is 8.63. The van der Waals surface area contributed by atoms with E-state index in [0.717, 1.165) is 21.6 Å². The summed E-state index contributed by atoms with van der Waals surface area (Å²) in [6.45, 7) is 2.10. The van der Waals surface area contributed by atoms with Crippen molar-refractivity contribution in [3.05, 3.63) is 54.4 Å². The minimum Gasteiger partial charge on any atom is -0.399 e. The summed E-state index contributed by atoms with van der Waals surface area (Å²) in [5, 5.41) is 1.99. The number of nitrogens with zero attached hydrogens (tertiary/aromatic N) is 2. The SMILES string of the molecule is Cc1ccccc1Sc1ncnc2cc(N)ccc12. The highest BCUT2D eigenvalue weighted by Gasteiger charge is 2.07. The number of benzene rings is 2. The topological polar surface area (TPSA) is 51.8 Å². The Bertz CT molecular complexity index is 740. The van der Waals surface area contributed by atoms with E-state index in [1.165, 1.54) is 10.5 Å². The lowest BCUT2D eigenvalue weighted by Crippen LogP contribution is -1.90. The van der Waals surface area contributed by atoms with Crippen molar-refractivity contribution in [1.82, 2.24) is 9.97 Å². The van der Waals surface area contributed by atoms with Gasteiger partial charge in [0, 0.05) is 16.0 Å². The summed E-state index contributed by atoms with van der Waals surface area (Å²) < 4.78 is 0. The van der Waals surface area contributed by atoms with Crippen molar-refractivity contribution in [2.75, 3.05) is 5.73 Å². The smallest absolute Gasteiger partial charge is 0.117 e. The molecule has 0 radical (unpaired) electrons. The van der Waals surface area contributed by atoms with Crippen molar-refractivity contribution in [3.8, 4) is 0 Å². The first-order chi connectivity index (χ1) is 9.24. The Labute approximate surface area is 115 Å². The number of aromatic nitrogens is 2. The van der Waals surface area contributed by atoms with Gasteiger partial charge in [-0.15, -0.1) is 0 Å². The molecule has 3 aromatic rings. The maximum Gasteiger partial charge on any atom is 0.117 e. The molecular formula is C15H13N3S. The van der Waals surface area contributed by atoms with Crippen LogP contribution in [0.5, 0.6) is 0 Å². The predicted molar refractivity (Wildman–Crippen MR) is 79.3 cm³/mol. The molecule has 0 saturated heterocycles. The van der Waals surface area contributed by atoms with E-state index in [1.807, 2.05) is 30.3 Å². The lowest BCUT2D eigenvalue weighted by molar-refractivity contribution is 1.10. The molecule has 0 amide bonds. The Hall–Kier alpha value is -2.07. The van der Waals surface area contributed by atoms with Gasteiger partial charge in [0.2, 0.25) is 0 Å². The summed E-state index contributed by atoms with van der Waals surface area (Å²) in [4.78, 5) is 9.85. The molecule has 2 aromatic carbocycles. The van der Waals surface area contributed by atoms with E-state index < -0.39 is 0 Å². The first-order valence-electron chi connectivity index (χ1n) is 5.98. The van der Waals surface area contributed by atoms with Crippen LogP contribution >= 0.6 is 11.8 Å². The molecule has 2 N–H and O–H groups in total. The van der Waals surface area contributed by atoms with Crippen molar-refractivity contribution >= 4 is 28.4 Å². The Kier molecular flexibility index (Phi) is 3.09. The number of fused-ring (bicyclic) bond motifs is 1. The van der Waals surface area contributed by atoms with Gasteiger partial charge in [0.05, 0.1) is 5.52 Å². The number of hydrogen-bond acceptors (Lipinski definition) is 4. The van der Waals surface area contributed by atoms with Gasteiger partial charge >= 0.3 is 0 Å². The number of nitrogen functional groups attached to an aromatic ring is 1. The number of rotatable bonds is 2. The second-order valence-electron chi connectivity index (χ2n) is 4.32. The molecule has 3 nitrogen and oxygen atoms in total. The zero-order chi connectivity index (χ0) is 13.2. The highest BCUT2D eigenvalue weighted by Crippen LogP contribution is 2.33. The Morgan fingerprint density at radius 3 is 2.74 bits per heavy atom. The van der Waals surface area contributed by atoms with Gasteiger partial charge in [-0.25, -0.2) is 9.97 Å². The first kappa shape index (κ1) is 12.0. The van der Waals surface area contributed by atoms with Crippen molar-refractivity contribution in [3.63, 3.8) is 0 Å². The summed E-state index contributed by atoms with van der Waals surface area (Å²) in [7, 11) is 0. The molecule has 0 saturated carbocycles. The van der Waals surface area contributed by atoms with Crippen LogP contribution in [0.2, 0.25) is 0 Å². The predicted octanol–water partition coefficient (Wildman–Crippen LogP) is 3.67. The molecule has 0 unspecified atom stereocenters. The number of hydrogen-bond donors (Lipinski definition) is 1. The second-order valence-corrected chi connectivity index (χ2v) is 5.35. The summed E-state index contributed by atoms with van der Waals surface area (Å²) >= 11 is 1.66. The van der Waals surface area contributed by atoms with E-state index in [4.69, 9.17) is 5.73 Å². The quantitative estimate of drug-likeness (QED) is 0.568. The lowest BCUT2D eigenvalue weighted by atomic mass is 10.2. The van der Waals surface area contributed by atoms with Crippen molar-refractivity contribution < 1.29 is 0 Å². The van der Waals surface area contributed by atoms with E-state index >= 15 is 0 Å². The van der Waals surface area contributed by atoms with Crippen LogP contribution in [0.15, 0.2) is 58.7 Å². The highest BCUT2D eigenvalue weighted by atomic mass is 32.2. The van der Waals surface area contributed by atoms with Gasteiger partial charge in [-0.1, -0.05) is 30.0 Å². The fourth-order valence-electron chi connectivity index (χ4n) is 1.91. The fraction of sp³-hybridized carbons (Fsp3) is 0.0667. The first-order valence-corrected chi connectivity index (χ1v) is 6.79. The normalized spacial score (nSPS) is 10.8. The highest BCUT2D eigenvalue weighted by molar-refractivity contribution is 7.99. The van der Waals surface area contributed by atoms with Crippen LogP contribution in [-0.2, 0) is 0 Å². The number of aryl methyl sites for hydroxylation is 1. The van der Waals surface area contributed by atoms with Crippen LogP contribution in [0.25, 0.3) is 10.9 Å². The summed E-state index contributed by atoms with van der Waals surface area (Å²) in [5.74, 6) is 0. The van der Waals surface area contributed by atoms with Gasteiger partial charge < -0.3 is 5.73 Å². The van der Waals surface area contributed by atoms with Crippen molar-refractivity contribution in [2.45, 2.75) is 16.8 Å². The van der Waals surface area contributed by atoms with Gasteiger partial charge in [0.1, 0.15) is 11.4 Å². The van der Waals surface area contributed by atoms with Crippen molar-refractivity contribution in [2.24, 2.45) is 0 Å². The average molecular weight is 267 g/mol. The molecule has 1 heterocycles. The van der Waals surface area contributed by atoms with E-state index in [9.17, 15) is 0 Å². The van der Waals surface area contributed by atoms with Gasteiger partial charge in [0.15, 0.2) is 0 Å². The second kappa shape index (κ2) is 4.90. The molecule has 0 bridgehead atoms. The van der Waals surface area contributed by atoms with Crippen LogP contribution in [-0.4, -0.2) is 9.97 Å². The average Bonchev–Trinajstić information content (AvgIpc) is 2.41. The van der Waals surface area contributed by atoms with Crippen molar-refractivity contribution in [1.29, 1.82) is 0 Å². The van der Waals surface area contributed by atoms with Crippen LogP contribution in [0, 0.1) is 6.92 Å². The Morgan fingerprint density at radius 2 is 1.89 bits per heavy atom. The molecular weight excluding hydrogens is 254 g/mol. The van der Waals surface area contributed by atoms with Gasteiger partial charge in [-0.3, -0.25) is 0 Å². The molecule has 0 aliphatic carbocycles. The Balaban J connectivity index is 2.09. The third-order valence-corrected chi connectivity index (χ3v) is 4.12. The van der Waals surface area contributed by atoms with E-state index in [1.54, 1.807) is 18.1 Å². The molecule has 4 heteroatoms. The van der Waals surface area contributed by atoms with Crippen LogP contribution in [0.3, 0.4) is 0 Å². The molecule has 0 fully saturated rings. The molecule has 94 valence electrons.